The van der Waals surface area contributed by atoms with Gasteiger partial charge in [0.1, 0.15) is 5.75 Å². The predicted molar refractivity (Wildman–Crippen MR) is 76.2 cm³/mol. The molecule has 2 rings (SSSR count). The summed E-state index contributed by atoms with van der Waals surface area (Å²) >= 11 is 0. The van der Waals surface area contributed by atoms with E-state index in [1.165, 1.54) is 24.8 Å². The number of aryl methyl sites for hydroxylation is 1. The molecule has 2 heteroatoms. The Bertz CT molecular complexity index is 360. The van der Waals surface area contributed by atoms with Gasteiger partial charge in [0.15, 0.2) is 0 Å². The van der Waals surface area contributed by atoms with Gasteiger partial charge >= 0.3 is 0 Å². The van der Waals surface area contributed by atoms with Gasteiger partial charge in [0.2, 0.25) is 0 Å². The van der Waals surface area contributed by atoms with Crippen molar-refractivity contribution in [1.29, 1.82) is 0 Å². The van der Waals surface area contributed by atoms with Gasteiger partial charge in [0, 0.05) is 6.04 Å². The summed E-state index contributed by atoms with van der Waals surface area (Å²) < 4.78 is 5.95. The molecule has 0 radical (unpaired) electrons. The van der Waals surface area contributed by atoms with E-state index in [2.05, 4.69) is 43.4 Å². The first-order chi connectivity index (χ1) is 8.78. The third-order valence-electron chi connectivity index (χ3n) is 3.44. The molecule has 2 nitrogen and oxygen atoms in total. The molecule has 1 unspecified atom stereocenters. The van der Waals surface area contributed by atoms with Crippen LogP contribution in [0.2, 0.25) is 0 Å². The van der Waals surface area contributed by atoms with Crippen LogP contribution in [0.4, 0.5) is 0 Å². The minimum absolute atomic E-state index is 0.304. The van der Waals surface area contributed by atoms with Crippen molar-refractivity contribution in [2.75, 3.05) is 6.54 Å². The van der Waals surface area contributed by atoms with Crippen molar-refractivity contribution < 1.29 is 4.74 Å². The summed E-state index contributed by atoms with van der Waals surface area (Å²) in [7, 11) is 0. The Labute approximate surface area is 111 Å². The van der Waals surface area contributed by atoms with Crippen LogP contribution in [-0.4, -0.2) is 18.7 Å². The molecule has 1 aliphatic carbocycles. The van der Waals surface area contributed by atoms with Crippen LogP contribution in [-0.2, 0) is 6.42 Å². The first kappa shape index (κ1) is 13.4. The molecule has 0 aromatic heterocycles. The zero-order chi connectivity index (χ0) is 12.8. The number of ether oxygens (including phenoxy) is 1. The van der Waals surface area contributed by atoms with E-state index in [0.29, 0.717) is 6.10 Å². The topological polar surface area (TPSA) is 21.3 Å². The van der Waals surface area contributed by atoms with E-state index >= 15 is 0 Å². The quantitative estimate of drug-likeness (QED) is 0.709. The first-order valence-corrected chi connectivity index (χ1v) is 7.27. The Morgan fingerprint density at radius 1 is 1.39 bits per heavy atom. The van der Waals surface area contributed by atoms with E-state index in [1.54, 1.807) is 0 Å². The van der Waals surface area contributed by atoms with Crippen LogP contribution in [0.3, 0.4) is 0 Å². The monoisotopic (exact) mass is 247 g/mol. The summed E-state index contributed by atoms with van der Waals surface area (Å²) in [6, 6.07) is 9.26. The van der Waals surface area contributed by atoms with Gasteiger partial charge in [-0.1, -0.05) is 19.1 Å². The molecule has 0 amide bonds. The summed E-state index contributed by atoms with van der Waals surface area (Å²) in [5, 5.41) is 3.54. The lowest BCUT2D eigenvalue weighted by atomic mass is 10.1. The van der Waals surface area contributed by atoms with Crippen molar-refractivity contribution in [1.82, 2.24) is 5.32 Å². The second kappa shape index (κ2) is 6.79. The third kappa shape index (κ3) is 4.69. The van der Waals surface area contributed by atoms with Gasteiger partial charge in [-0.3, -0.25) is 0 Å². The molecular weight excluding hydrogens is 222 g/mol. The third-order valence-corrected chi connectivity index (χ3v) is 3.44. The lowest BCUT2D eigenvalue weighted by Crippen LogP contribution is -2.20. The Hall–Kier alpha value is -1.02. The van der Waals surface area contributed by atoms with E-state index in [9.17, 15) is 0 Å². The maximum atomic E-state index is 5.95. The predicted octanol–water partition coefficient (Wildman–Crippen LogP) is 3.55. The molecular formula is C16H25NO. The molecule has 1 atom stereocenters. The first-order valence-electron chi connectivity index (χ1n) is 7.27. The fourth-order valence-electron chi connectivity index (χ4n) is 2.11. The van der Waals surface area contributed by atoms with Crippen molar-refractivity contribution in [3.63, 3.8) is 0 Å². The maximum Gasteiger partial charge on any atom is 0.119 e. The molecule has 0 bridgehead atoms. The Balaban J connectivity index is 1.66. The molecule has 1 N–H and O–H groups in total. The molecule has 1 fully saturated rings. The summed E-state index contributed by atoms with van der Waals surface area (Å²) in [5.41, 5.74) is 1.34. The smallest absolute Gasteiger partial charge is 0.119 e. The highest BCUT2D eigenvalue weighted by Crippen LogP contribution is 2.19. The Morgan fingerprint density at radius 2 is 2.22 bits per heavy atom. The fourth-order valence-corrected chi connectivity index (χ4v) is 2.11. The average Bonchev–Trinajstić information content (AvgIpc) is 3.19. The SMILES string of the molecule is CCc1cccc(OC(C)CCCNC2CC2)c1. The van der Waals surface area contributed by atoms with E-state index < -0.39 is 0 Å². The highest BCUT2D eigenvalue weighted by atomic mass is 16.5. The van der Waals surface area contributed by atoms with Crippen molar-refractivity contribution in [3.8, 4) is 5.75 Å². The normalized spacial score (nSPS) is 16.6. The molecule has 1 aliphatic rings. The van der Waals surface area contributed by atoms with E-state index in [4.69, 9.17) is 4.74 Å². The number of nitrogens with one attached hydrogen (secondary N) is 1. The van der Waals surface area contributed by atoms with Gasteiger partial charge in [0.25, 0.3) is 0 Å². The number of hydrogen-bond acceptors (Lipinski definition) is 2. The zero-order valence-corrected chi connectivity index (χ0v) is 11.6. The maximum absolute atomic E-state index is 5.95. The second-order valence-corrected chi connectivity index (χ2v) is 5.30. The van der Waals surface area contributed by atoms with Gasteiger partial charge < -0.3 is 10.1 Å². The molecule has 0 spiro atoms. The number of hydrogen-bond donors (Lipinski definition) is 1. The van der Waals surface area contributed by atoms with Gasteiger partial charge in [-0.25, -0.2) is 0 Å². The molecule has 0 saturated heterocycles. The van der Waals surface area contributed by atoms with E-state index in [0.717, 1.165) is 31.2 Å². The lowest BCUT2D eigenvalue weighted by Gasteiger charge is -2.15. The van der Waals surface area contributed by atoms with Crippen LogP contribution in [0.25, 0.3) is 0 Å². The molecule has 18 heavy (non-hydrogen) atoms. The summed E-state index contributed by atoms with van der Waals surface area (Å²) in [5.74, 6) is 1.01. The molecule has 1 aromatic rings. The molecule has 100 valence electrons. The summed E-state index contributed by atoms with van der Waals surface area (Å²) in [6.07, 6.45) is 6.43. The van der Waals surface area contributed by atoms with Crippen molar-refractivity contribution in [2.24, 2.45) is 0 Å². The fraction of sp³-hybridized carbons (Fsp3) is 0.625. The number of benzene rings is 1. The Morgan fingerprint density at radius 3 is 2.94 bits per heavy atom. The highest BCUT2D eigenvalue weighted by molar-refractivity contribution is 5.28. The molecule has 1 aromatic carbocycles. The number of rotatable bonds is 8. The minimum Gasteiger partial charge on any atom is -0.491 e. The molecule has 0 heterocycles. The van der Waals surface area contributed by atoms with Gasteiger partial charge in [-0.2, -0.15) is 0 Å². The van der Waals surface area contributed by atoms with Crippen molar-refractivity contribution in [3.05, 3.63) is 29.8 Å². The highest BCUT2D eigenvalue weighted by Gasteiger charge is 2.19. The van der Waals surface area contributed by atoms with Crippen molar-refractivity contribution >= 4 is 0 Å². The summed E-state index contributed by atoms with van der Waals surface area (Å²) in [4.78, 5) is 0. The van der Waals surface area contributed by atoms with Crippen LogP contribution in [0, 0.1) is 0 Å². The zero-order valence-electron chi connectivity index (χ0n) is 11.6. The van der Waals surface area contributed by atoms with Crippen LogP contribution >= 0.6 is 0 Å². The van der Waals surface area contributed by atoms with Gasteiger partial charge in [-0.05, 0) is 63.3 Å². The largest absolute Gasteiger partial charge is 0.491 e. The van der Waals surface area contributed by atoms with Gasteiger partial charge in [0.05, 0.1) is 6.10 Å². The van der Waals surface area contributed by atoms with E-state index in [-0.39, 0.29) is 0 Å². The van der Waals surface area contributed by atoms with Crippen LogP contribution in [0.1, 0.15) is 45.1 Å². The van der Waals surface area contributed by atoms with Crippen LogP contribution in [0.5, 0.6) is 5.75 Å². The van der Waals surface area contributed by atoms with Crippen LogP contribution in [0.15, 0.2) is 24.3 Å². The van der Waals surface area contributed by atoms with Gasteiger partial charge in [-0.15, -0.1) is 0 Å². The second-order valence-electron chi connectivity index (χ2n) is 5.30. The van der Waals surface area contributed by atoms with Crippen molar-refractivity contribution in [2.45, 2.75) is 58.1 Å². The van der Waals surface area contributed by atoms with Crippen LogP contribution < -0.4 is 10.1 Å². The molecule has 1 saturated carbocycles. The minimum atomic E-state index is 0.304. The van der Waals surface area contributed by atoms with E-state index in [1.807, 2.05) is 0 Å². The lowest BCUT2D eigenvalue weighted by molar-refractivity contribution is 0.207. The average molecular weight is 247 g/mol. The Kier molecular flexibility index (Phi) is 5.06. The summed E-state index contributed by atoms with van der Waals surface area (Å²) in [6.45, 7) is 5.47. The standard InChI is InChI=1S/C16H25NO/c1-3-14-7-4-8-16(12-14)18-13(2)6-5-11-17-15-9-10-15/h4,7-8,12-13,15,17H,3,5-6,9-11H2,1-2H3. The molecule has 0 aliphatic heterocycles.